The van der Waals surface area contributed by atoms with E-state index >= 15 is 0 Å². The van der Waals surface area contributed by atoms with E-state index in [4.69, 9.17) is 4.42 Å². The summed E-state index contributed by atoms with van der Waals surface area (Å²) >= 11 is 0. The second kappa shape index (κ2) is 5.49. The minimum atomic E-state index is -0.239. The molecule has 3 heterocycles. The molecule has 0 radical (unpaired) electrons. The maximum Gasteiger partial charge on any atom is 0.287 e. The van der Waals surface area contributed by atoms with E-state index in [0.717, 1.165) is 33.3 Å². The third-order valence-electron chi connectivity index (χ3n) is 4.09. The molecule has 0 spiro atoms. The molecule has 0 aliphatic heterocycles. The molecule has 6 heteroatoms. The van der Waals surface area contributed by atoms with Gasteiger partial charge in [-0.15, -0.1) is 0 Å². The number of aromatic nitrogens is 3. The third kappa shape index (κ3) is 2.32. The lowest BCUT2D eigenvalue weighted by Gasteiger charge is -2.02. The van der Waals surface area contributed by atoms with Crippen LogP contribution in [0.1, 0.15) is 27.2 Å². The van der Waals surface area contributed by atoms with E-state index in [1.807, 2.05) is 44.3 Å². The maximum absolute atomic E-state index is 12.5. The van der Waals surface area contributed by atoms with Gasteiger partial charge in [0.15, 0.2) is 11.4 Å². The number of nitrogens with one attached hydrogen (secondary N) is 1. The summed E-state index contributed by atoms with van der Waals surface area (Å²) < 4.78 is 7.43. The summed E-state index contributed by atoms with van der Waals surface area (Å²) in [6.07, 6.45) is 5.23. The van der Waals surface area contributed by atoms with Crippen molar-refractivity contribution in [3.63, 3.8) is 0 Å². The van der Waals surface area contributed by atoms with E-state index in [1.165, 1.54) is 0 Å². The van der Waals surface area contributed by atoms with Gasteiger partial charge in [0, 0.05) is 35.5 Å². The van der Waals surface area contributed by atoms with Crippen LogP contribution in [-0.4, -0.2) is 20.5 Å². The number of carbonyl (C=O) groups is 1. The number of fused-ring (bicyclic) bond motifs is 2. The molecule has 0 aliphatic rings. The van der Waals surface area contributed by atoms with Gasteiger partial charge in [-0.2, -0.15) is 5.10 Å². The maximum atomic E-state index is 12.5. The number of rotatable bonds is 3. The number of furan rings is 1. The second-order valence-corrected chi connectivity index (χ2v) is 5.80. The molecular formula is C18H16N4O2. The summed E-state index contributed by atoms with van der Waals surface area (Å²) in [5.74, 6) is 0.108. The van der Waals surface area contributed by atoms with E-state index < -0.39 is 0 Å². The van der Waals surface area contributed by atoms with Crippen molar-refractivity contribution in [3.8, 4) is 0 Å². The first kappa shape index (κ1) is 14.4. The molecule has 0 bridgehead atoms. The van der Waals surface area contributed by atoms with Crippen molar-refractivity contribution in [3.05, 3.63) is 65.3 Å². The number of hydrogen-bond acceptors (Lipinski definition) is 4. The van der Waals surface area contributed by atoms with Gasteiger partial charge in [-0.1, -0.05) is 12.1 Å². The average Bonchev–Trinajstić information content (AvgIpc) is 3.14. The molecule has 6 nitrogen and oxygen atoms in total. The number of nitrogens with zero attached hydrogens (tertiary/aromatic N) is 3. The molecule has 1 amide bonds. The fourth-order valence-electron chi connectivity index (χ4n) is 2.81. The van der Waals surface area contributed by atoms with Crippen LogP contribution in [0, 0.1) is 13.8 Å². The summed E-state index contributed by atoms with van der Waals surface area (Å²) in [6, 6.07) is 7.74. The molecule has 3 aromatic heterocycles. The van der Waals surface area contributed by atoms with Gasteiger partial charge in [0.25, 0.3) is 5.91 Å². The molecule has 0 atom stereocenters. The van der Waals surface area contributed by atoms with Crippen LogP contribution in [0.25, 0.3) is 16.6 Å². The highest BCUT2D eigenvalue weighted by Gasteiger charge is 2.18. The third-order valence-corrected chi connectivity index (χ3v) is 4.09. The molecule has 0 saturated heterocycles. The van der Waals surface area contributed by atoms with E-state index in [2.05, 4.69) is 15.4 Å². The molecule has 24 heavy (non-hydrogen) atoms. The smallest absolute Gasteiger partial charge is 0.287 e. The number of amides is 1. The standard InChI is InChI=1S/C18H16N4O2/c1-11-4-5-14-12(2)16(24-15(14)8-11)18(23)20-9-13-10-21-22-7-3-6-19-17(13)22/h3-8,10H,9H2,1-2H3,(H,20,23). The van der Waals surface area contributed by atoms with E-state index in [0.29, 0.717) is 12.3 Å². The minimum Gasteiger partial charge on any atom is -0.451 e. The Balaban J connectivity index is 1.59. The fourth-order valence-corrected chi connectivity index (χ4v) is 2.81. The van der Waals surface area contributed by atoms with Gasteiger partial charge in [0.2, 0.25) is 0 Å². The van der Waals surface area contributed by atoms with Gasteiger partial charge in [-0.05, 0) is 31.5 Å². The van der Waals surface area contributed by atoms with Crippen molar-refractivity contribution >= 4 is 22.5 Å². The molecule has 0 saturated carbocycles. The van der Waals surface area contributed by atoms with Crippen molar-refractivity contribution in [2.24, 2.45) is 0 Å². The van der Waals surface area contributed by atoms with Crippen LogP contribution in [0.15, 0.2) is 47.3 Å². The number of carbonyl (C=O) groups excluding carboxylic acids is 1. The van der Waals surface area contributed by atoms with Crippen LogP contribution < -0.4 is 5.32 Å². The fraction of sp³-hybridized carbons (Fsp3) is 0.167. The van der Waals surface area contributed by atoms with Gasteiger partial charge >= 0.3 is 0 Å². The average molecular weight is 320 g/mol. The van der Waals surface area contributed by atoms with Crippen molar-refractivity contribution in [2.45, 2.75) is 20.4 Å². The van der Waals surface area contributed by atoms with E-state index in [1.54, 1.807) is 16.9 Å². The molecule has 0 fully saturated rings. The van der Waals surface area contributed by atoms with Crippen molar-refractivity contribution in [1.29, 1.82) is 0 Å². The molecule has 0 aliphatic carbocycles. The zero-order valence-corrected chi connectivity index (χ0v) is 13.4. The monoisotopic (exact) mass is 320 g/mol. The highest BCUT2D eigenvalue weighted by molar-refractivity contribution is 5.99. The Morgan fingerprint density at radius 2 is 2.21 bits per heavy atom. The second-order valence-electron chi connectivity index (χ2n) is 5.80. The SMILES string of the molecule is Cc1ccc2c(C)c(C(=O)NCc3cnn4cccnc34)oc2c1. The van der Waals surface area contributed by atoms with Crippen LogP contribution in [0.2, 0.25) is 0 Å². The Kier molecular flexibility index (Phi) is 3.30. The topological polar surface area (TPSA) is 72.4 Å². The first-order valence-electron chi connectivity index (χ1n) is 7.68. The first-order valence-corrected chi connectivity index (χ1v) is 7.68. The van der Waals surface area contributed by atoms with Crippen LogP contribution in [-0.2, 0) is 6.54 Å². The number of aryl methyl sites for hydroxylation is 2. The molecule has 1 aromatic carbocycles. The normalized spacial score (nSPS) is 11.2. The number of hydrogen-bond donors (Lipinski definition) is 1. The van der Waals surface area contributed by atoms with E-state index in [-0.39, 0.29) is 5.91 Å². The predicted octanol–water partition coefficient (Wildman–Crippen LogP) is 3.02. The van der Waals surface area contributed by atoms with Crippen molar-refractivity contribution < 1.29 is 9.21 Å². The molecule has 4 rings (SSSR count). The predicted molar refractivity (Wildman–Crippen MR) is 89.8 cm³/mol. The van der Waals surface area contributed by atoms with Gasteiger partial charge in [0.05, 0.1) is 6.20 Å². The molecule has 1 N–H and O–H groups in total. The van der Waals surface area contributed by atoms with Gasteiger partial charge in [-0.3, -0.25) is 4.79 Å². The van der Waals surface area contributed by atoms with Gasteiger partial charge in [0.1, 0.15) is 5.58 Å². The van der Waals surface area contributed by atoms with Crippen molar-refractivity contribution in [1.82, 2.24) is 19.9 Å². The zero-order valence-electron chi connectivity index (χ0n) is 13.4. The molecule has 0 unspecified atom stereocenters. The van der Waals surface area contributed by atoms with Crippen LogP contribution in [0.3, 0.4) is 0 Å². The van der Waals surface area contributed by atoms with Gasteiger partial charge < -0.3 is 9.73 Å². The Bertz CT molecular complexity index is 1060. The minimum absolute atomic E-state index is 0.239. The zero-order chi connectivity index (χ0) is 16.7. The van der Waals surface area contributed by atoms with Crippen molar-refractivity contribution in [2.75, 3.05) is 0 Å². The summed E-state index contributed by atoms with van der Waals surface area (Å²) in [5.41, 5.74) is 4.26. The first-order chi connectivity index (χ1) is 11.6. The number of benzene rings is 1. The molecule has 120 valence electrons. The Morgan fingerprint density at radius 1 is 1.33 bits per heavy atom. The van der Waals surface area contributed by atoms with Crippen LogP contribution >= 0.6 is 0 Å². The lowest BCUT2D eigenvalue weighted by atomic mass is 10.1. The van der Waals surface area contributed by atoms with Crippen LogP contribution in [0.4, 0.5) is 0 Å². The van der Waals surface area contributed by atoms with E-state index in [9.17, 15) is 4.79 Å². The molecular weight excluding hydrogens is 304 g/mol. The Morgan fingerprint density at radius 3 is 3.08 bits per heavy atom. The highest BCUT2D eigenvalue weighted by atomic mass is 16.3. The quantitative estimate of drug-likeness (QED) is 0.630. The summed E-state index contributed by atoms with van der Waals surface area (Å²) in [6.45, 7) is 4.23. The highest BCUT2D eigenvalue weighted by Crippen LogP contribution is 2.26. The van der Waals surface area contributed by atoms with Crippen LogP contribution in [0.5, 0.6) is 0 Å². The lowest BCUT2D eigenvalue weighted by molar-refractivity contribution is 0.0924. The largest absolute Gasteiger partial charge is 0.451 e. The lowest BCUT2D eigenvalue weighted by Crippen LogP contribution is -2.23. The summed E-state index contributed by atoms with van der Waals surface area (Å²) in [4.78, 5) is 16.8. The Hall–Kier alpha value is -3.15. The van der Waals surface area contributed by atoms with Gasteiger partial charge in [-0.25, -0.2) is 9.50 Å². The summed E-state index contributed by atoms with van der Waals surface area (Å²) in [5, 5.41) is 8.06. The Labute approximate surface area is 138 Å². The summed E-state index contributed by atoms with van der Waals surface area (Å²) in [7, 11) is 0. The molecule has 4 aromatic rings.